The second kappa shape index (κ2) is 12.4. The molecule has 0 bridgehead atoms. The first-order chi connectivity index (χ1) is 17.8. The van der Waals surface area contributed by atoms with Gasteiger partial charge in [0.1, 0.15) is 11.9 Å². The van der Waals surface area contributed by atoms with Crippen LogP contribution >= 0.6 is 0 Å². The van der Waals surface area contributed by atoms with Crippen LogP contribution in [0.4, 0.5) is 30.7 Å². The second-order valence-corrected chi connectivity index (χ2v) is 8.94. The van der Waals surface area contributed by atoms with E-state index in [9.17, 15) is 35.8 Å². The summed E-state index contributed by atoms with van der Waals surface area (Å²) in [6.45, 7) is 0.313. The number of aliphatic hydroxyl groups is 1. The van der Waals surface area contributed by atoms with Gasteiger partial charge in [0.2, 0.25) is 0 Å². The monoisotopic (exact) mass is 548 g/mol. The molecule has 0 aliphatic carbocycles. The van der Waals surface area contributed by atoms with E-state index in [0.717, 1.165) is 0 Å². The van der Waals surface area contributed by atoms with Crippen LogP contribution in [0.5, 0.6) is 0 Å². The molecular weight excluding hydrogens is 521 g/mol. The second-order valence-electron chi connectivity index (χ2n) is 8.94. The van der Waals surface area contributed by atoms with E-state index in [2.05, 4.69) is 11.8 Å². The molecule has 1 heterocycles. The first-order valence-electron chi connectivity index (χ1n) is 11.6. The molecular formula is C26H27F7N2O3. The van der Waals surface area contributed by atoms with Gasteiger partial charge in [-0.2, -0.15) is 26.3 Å². The Bertz CT molecular complexity index is 1090. The summed E-state index contributed by atoms with van der Waals surface area (Å²) in [7, 11) is 3.70. The van der Waals surface area contributed by atoms with Crippen molar-refractivity contribution in [3.05, 3.63) is 70.5 Å². The first kappa shape index (κ1) is 29.9. The average Bonchev–Trinajstić information content (AvgIpc) is 2.84. The fourth-order valence-electron chi connectivity index (χ4n) is 3.93. The van der Waals surface area contributed by atoms with Gasteiger partial charge in [-0.3, -0.25) is 9.80 Å². The Morgan fingerprint density at radius 2 is 1.63 bits per heavy atom. The van der Waals surface area contributed by atoms with Crippen molar-refractivity contribution in [2.45, 2.75) is 30.8 Å². The van der Waals surface area contributed by atoms with Crippen molar-refractivity contribution in [2.75, 3.05) is 46.9 Å². The molecule has 0 aromatic heterocycles. The Balaban J connectivity index is 1.97. The third-order valence-electron chi connectivity index (χ3n) is 5.77. The van der Waals surface area contributed by atoms with E-state index in [-0.39, 0.29) is 19.2 Å². The van der Waals surface area contributed by atoms with Gasteiger partial charge in [-0.05, 0) is 55.6 Å². The van der Waals surface area contributed by atoms with Gasteiger partial charge in [0.25, 0.3) is 0 Å². The zero-order chi connectivity index (χ0) is 28.1. The predicted molar refractivity (Wildman–Crippen MR) is 124 cm³/mol. The quantitative estimate of drug-likeness (QED) is 0.395. The summed E-state index contributed by atoms with van der Waals surface area (Å²) in [6.07, 6.45) is -12.9. The van der Waals surface area contributed by atoms with Crippen LogP contribution < -0.4 is 0 Å². The van der Waals surface area contributed by atoms with E-state index in [1.54, 1.807) is 0 Å². The van der Waals surface area contributed by atoms with E-state index < -0.39 is 59.9 Å². The fourth-order valence-corrected chi connectivity index (χ4v) is 3.93. The Morgan fingerprint density at radius 3 is 2.16 bits per heavy atom. The maximum atomic E-state index is 13.6. The molecule has 1 N–H and O–H groups in total. The number of ether oxygens (including phenoxy) is 2. The van der Waals surface area contributed by atoms with E-state index >= 15 is 0 Å². The molecule has 38 heavy (non-hydrogen) atoms. The van der Waals surface area contributed by atoms with Gasteiger partial charge in [-0.15, -0.1) is 0 Å². The van der Waals surface area contributed by atoms with Crippen LogP contribution in [0.25, 0.3) is 0 Å². The Hall–Kier alpha value is -2.69. The van der Waals surface area contributed by atoms with Gasteiger partial charge in [0, 0.05) is 6.54 Å². The highest BCUT2D eigenvalue weighted by molar-refractivity contribution is 5.35. The molecule has 0 spiro atoms. The lowest BCUT2D eigenvalue weighted by Crippen LogP contribution is -2.47. The summed E-state index contributed by atoms with van der Waals surface area (Å²) in [5.41, 5.74) is -3.04. The van der Waals surface area contributed by atoms with Crippen LogP contribution in [-0.2, 0) is 21.8 Å². The van der Waals surface area contributed by atoms with Crippen molar-refractivity contribution in [3.8, 4) is 11.8 Å². The Labute approximate surface area is 215 Å². The lowest BCUT2D eigenvalue weighted by molar-refractivity contribution is -0.235. The van der Waals surface area contributed by atoms with Crippen molar-refractivity contribution in [2.24, 2.45) is 0 Å². The van der Waals surface area contributed by atoms with Gasteiger partial charge in [-0.1, -0.05) is 24.0 Å². The molecule has 12 heteroatoms. The van der Waals surface area contributed by atoms with Gasteiger partial charge in [-0.25, -0.2) is 4.39 Å². The molecule has 0 saturated carbocycles. The van der Waals surface area contributed by atoms with E-state index in [4.69, 9.17) is 9.47 Å². The van der Waals surface area contributed by atoms with Gasteiger partial charge >= 0.3 is 12.4 Å². The zero-order valence-electron chi connectivity index (χ0n) is 20.6. The number of halogens is 7. The van der Waals surface area contributed by atoms with Crippen molar-refractivity contribution in [1.29, 1.82) is 0 Å². The Kier molecular flexibility index (Phi) is 9.78. The van der Waals surface area contributed by atoms with Gasteiger partial charge < -0.3 is 14.6 Å². The maximum absolute atomic E-state index is 13.6. The average molecular weight is 548 g/mol. The smallest absolute Gasteiger partial charge is 0.393 e. The molecule has 1 aliphatic heterocycles. The summed E-state index contributed by atoms with van der Waals surface area (Å²) in [6, 6.07) is 5.67. The SMILES string of the molecule is CN(C)CC#CCN1CCO[C@H](O[C@H](CO)c2cc(C(F)(F)F)cc(C(F)(F)F)c2)C1c1ccc(F)cc1. The number of hydrogen-bond donors (Lipinski definition) is 1. The molecule has 2 aromatic rings. The van der Waals surface area contributed by atoms with Crippen LogP contribution in [-0.4, -0.2) is 68.1 Å². The van der Waals surface area contributed by atoms with Crippen molar-refractivity contribution in [3.63, 3.8) is 0 Å². The summed E-state index contributed by atoms with van der Waals surface area (Å²) in [4.78, 5) is 3.72. The topological polar surface area (TPSA) is 45.2 Å². The number of alkyl halides is 6. The molecule has 2 aromatic carbocycles. The number of hydrogen-bond acceptors (Lipinski definition) is 5. The molecule has 208 valence electrons. The van der Waals surface area contributed by atoms with E-state index in [1.807, 2.05) is 23.9 Å². The molecule has 1 saturated heterocycles. The van der Waals surface area contributed by atoms with Crippen LogP contribution in [0.15, 0.2) is 42.5 Å². The largest absolute Gasteiger partial charge is 0.416 e. The molecule has 1 aliphatic rings. The van der Waals surface area contributed by atoms with Crippen LogP contribution in [0, 0.1) is 17.7 Å². The Morgan fingerprint density at radius 1 is 1.03 bits per heavy atom. The summed E-state index contributed by atoms with van der Waals surface area (Å²) >= 11 is 0. The van der Waals surface area contributed by atoms with E-state index in [0.29, 0.717) is 30.8 Å². The first-order valence-corrected chi connectivity index (χ1v) is 11.6. The molecule has 3 rings (SSSR count). The zero-order valence-corrected chi connectivity index (χ0v) is 20.6. The molecule has 0 radical (unpaired) electrons. The van der Waals surface area contributed by atoms with Crippen molar-refractivity contribution in [1.82, 2.24) is 9.80 Å². The lowest BCUT2D eigenvalue weighted by Gasteiger charge is -2.41. The van der Waals surface area contributed by atoms with Crippen molar-refractivity contribution >= 4 is 0 Å². The summed E-state index contributed by atoms with van der Waals surface area (Å²) in [5.74, 6) is 5.50. The van der Waals surface area contributed by atoms with E-state index in [1.165, 1.54) is 24.3 Å². The minimum atomic E-state index is -5.06. The standard InChI is InChI=1S/C26H27F7N2O3/c1-34(2)9-3-4-10-35-11-12-37-24(23(35)17-5-7-21(27)8-6-17)38-22(16-36)18-13-19(25(28,29)30)15-20(14-18)26(31,32)33/h5-8,13-15,22-24,36H,9-12,16H2,1-2H3/t22-,23?,24-/m1/s1. The number of aliphatic hydroxyl groups excluding tert-OH is 1. The third kappa shape index (κ3) is 7.91. The number of rotatable bonds is 7. The highest BCUT2D eigenvalue weighted by Gasteiger charge is 2.39. The molecule has 1 unspecified atom stereocenters. The molecule has 0 amide bonds. The molecule has 5 nitrogen and oxygen atoms in total. The van der Waals surface area contributed by atoms with Crippen LogP contribution in [0.2, 0.25) is 0 Å². The number of morpholine rings is 1. The van der Waals surface area contributed by atoms with Crippen LogP contribution in [0.3, 0.4) is 0 Å². The van der Waals surface area contributed by atoms with Gasteiger partial charge in [0.05, 0.1) is 43.5 Å². The fraction of sp³-hybridized carbons (Fsp3) is 0.462. The minimum Gasteiger partial charge on any atom is -0.393 e. The van der Waals surface area contributed by atoms with Crippen LogP contribution in [0.1, 0.15) is 34.4 Å². The highest BCUT2D eigenvalue weighted by atomic mass is 19.4. The maximum Gasteiger partial charge on any atom is 0.416 e. The molecule has 3 atom stereocenters. The molecule has 1 fully saturated rings. The predicted octanol–water partition coefficient (Wildman–Crippen LogP) is 4.88. The normalized spacial score (nSPS) is 19.8. The van der Waals surface area contributed by atoms with Crippen molar-refractivity contribution < 1.29 is 45.3 Å². The number of nitrogens with zero attached hydrogens (tertiary/aromatic N) is 2. The summed E-state index contributed by atoms with van der Waals surface area (Å²) < 4.78 is 105. The third-order valence-corrected chi connectivity index (χ3v) is 5.77. The highest BCUT2D eigenvalue weighted by Crippen LogP contribution is 2.39. The minimum absolute atomic E-state index is 0.00446. The lowest BCUT2D eigenvalue weighted by atomic mass is 10.00. The number of benzene rings is 2. The summed E-state index contributed by atoms with van der Waals surface area (Å²) in [5, 5.41) is 9.95. The van der Waals surface area contributed by atoms with Gasteiger partial charge in [0.15, 0.2) is 6.29 Å².